The summed E-state index contributed by atoms with van der Waals surface area (Å²) in [6, 6.07) is 0. The summed E-state index contributed by atoms with van der Waals surface area (Å²) in [5.41, 5.74) is 2.45. The number of aliphatic imine (C=N–C) groups is 1. The molecule has 0 atom stereocenters. The number of fused-ring (bicyclic) bond motifs is 1. The van der Waals surface area contributed by atoms with Gasteiger partial charge in [0.15, 0.2) is 0 Å². The SMILES string of the molecule is C1=CNC2=C[N+]=CCC2=C1. The average molecular weight is 132 g/mol. The first-order valence-corrected chi connectivity index (χ1v) is 3.31. The van der Waals surface area contributed by atoms with E-state index in [2.05, 4.69) is 16.4 Å². The number of dihydropyridines is 1. The zero-order chi connectivity index (χ0) is 6.81. The highest BCUT2D eigenvalue weighted by Gasteiger charge is 2.13. The lowest BCUT2D eigenvalue weighted by Gasteiger charge is -2.09. The second-order valence-corrected chi connectivity index (χ2v) is 2.27. The van der Waals surface area contributed by atoms with Gasteiger partial charge in [-0.05, 0) is 11.6 Å². The summed E-state index contributed by atoms with van der Waals surface area (Å²) >= 11 is 0. The van der Waals surface area contributed by atoms with Gasteiger partial charge in [0.2, 0.25) is 6.21 Å². The van der Waals surface area contributed by atoms with Crippen LogP contribution in [0, 0.1) is 0 Å². The largest absolute Gasteiger partial charge is 0.356 e. The predicted octanol–water partition coefficient (Wildman–Crippen LogP) is 0.681. The van der Waals surface area contributed by atoms with Crippen LogP contribution in [-0.4, -0.2) is 6.21 Å². The lowest BCUT2D eigenvalue weighted by Crippen LogP contribution is -2.15. The van der Waals surface area contributed by atoms with Gasteiger partial charge in [-0.25, -0.2) is 0 Å². The van der Waals surface area contributed by atoms with Gasteiger partial charge in [0, 0.05) is 6.20 Å². The van der Waals surface area contributed by atoms with Crippen LogP contribution in [-0.2, 0) is 0 Å². The molecular weight excluding hydrogens is 124 g/mol. The number of hydrogen-bond acceptors (Lipinski definition) is 2. The minimum Gasteiger partial charge on any atom is -0.356 e. The predicted molar refractivity (Wildman–Crippen MR) is 41.3 cm³/mol. The zero-order valence-electron chi connectivity index (χ0n) is 5.54. The molecule has 0 bridgehead atoms. The van der Waals surface area contributed by atoms with Crippen LogP contribution >= 0.6 is 0 Å². The van der Waals surface area contributed by atoms with Crippen LogP contribution in [0.4, 0.5) is 0 Å². The molecule has 2 nitrogen and oxygen atoms in total. The number of nitrogens with zero attached hydrogens (tertiary/aromatic N) is 1. The van der Waals surface area contributed by atoms with E-state index in [1.807, 2.05) is 24.7 Å². The van der Waals surface area contributed by atoms with Crippen LogP contribution in [0.1, 0.15) is 6.42 Å². The first-order chi connectivity index (χ1) is 4.97. The Balaban J connectivity index is 2.38. The number of allylic oxidation sites excluding steroid dienone is 3. The maximum Gasteiger partial charge on any atom is 0.265 e. The highest BCUT2D eigenvalue weighted by Crippen LogP contribution is 2.14. The van der Waals surface area contributed by atoms with E-state index in [9.17, 15) is 0 Å². The van der Waals surface area contributed by atoms with Gasteiger partial charge in [0.05, 0.1) is 11.4 Å². The number of rotatable bonds is 0. The molecule has 2 heterocycles. The summed E-state index contributed by atoms with van der Waals surface area (Å²) in [6.45, 7) is 0. The molecule has 0 aromatic rings. The summed E-state index contributed by atoms with van der Waals surface area (Å²) in [7, 11) is 0. The molecule has 1 radical (unpaired) electrons. The van der Waals surface area contributed by atoms with Crippen molar-refractivity contribution >= 4 is 6.21 Å². The Morgan fingerprint density at radius 3 is 3.40 bits per heavy atom. The third-order valence-electron chi connectivity index (χ3n) is 1.60. The van der Waals surface area contributed by atoms with Crippen LogP contribution in [0.15, 0.2) is 35.8 Å². The molecule has 0 fully saturated rings. The quantitative estimate of drug-likeness (QED) is 0.515. The van der Waals surface area contributed by atoms with Crippen LogP contribution in [0.2, 0.25) is 0 Å². The monoisotopic (exact) mass is 132 g/mol. The fourth-order valence-electron chi connectivity index (χ4n) is 1.06. The van der Waals surface area contributed by atoms with Crippen molar-refractivity contribution < 1.29 is 0 Å². The third kappa shape index (κ3) is 0.778. The lowest BCUT2D eigenvalue weighted by atomic mass is 10.1. The van der Waals surface area contributed by atoms with Crippen molar-refractivity contribution in [3.63, 3.8) is 0 Å². The van der Waals surface area contributed by atoms with Crippen molar-refractivity contribution in [2.45, 2.75) is 6.42 Å². The average Bonchev–Trinajstić information content (AvgIpc) is 2.05. The molecule has 2 aliphatic heterocycles. The smallest absolute Gasteiger partial charge is 0.265 e. The van der Waals surface area contributed by atoms with Gasteiger partial charge in [-0.3, -0.25) is 0 Å². The Bertz CT molecular complexity index is 228. The van der Waals surface area contributed by atoms with Crippen molar-refractivity contribution in [2.24, 2.45) is 0 Å². The molecule has 2 aliphatic rings. The molecule has 0 amide bonds. The van der Waals surface area contributed by atoms with Gasteiger partial charge in [-0.2, -0.15) is 0 Å². The van der Waals surface area contributed by atoms with Crippen molar-refractivity contribution in [1.29, 1.82) is 0 Å². The molecule has 2 heteroatoms. The number of hydrogen-bond donors (Lipinski definition) is 1. The highest BCUT2D eigenvalue weighted by atomic mass is 14.9. The molecule has 0 saturated carbocycles. The maximum atomic E-state index is 4.04. The first kappa shape index (κ1) is 5.47. The molecule has 49 valence electrons. The van der Waals surface area contributed by atoms with Crippen LogP contribution in [0.25, 0.3) is 0 Å². The van der Waals surface area contributed by atoms with E-state index in [-0.39, 0.29) is 0 Å². The molecule has 2 rings (SSSR count). The van der Waals surface area contributed by atoms with E-state index in [1.165, 1.54) is 5.57 Å². The van der Waals surface area contributed by atoms with Crippen LogP contribution in [0.5, 0.6) is 0 Å². The molecule has 0 unspecified atom stereocenters. The van der Waals surface area contributed by atoms with Gasteiger partial charge in [0.25, 0.3) is 6.20 Å². The van der Waals surface area contributed by atoms with E-state index in [0.717, 1.165) is 12.1 Å². The minimum absolute atomic E-state index is 0.948. The topological polar surface area (TPSA) is 26.1 Å². The fraction of sp³-hybridized carbons (Fsp3) is 0.125. The Hall–Kier alpha value is -1.31. The Morgan fingerprint density at radius 1 is 1.50 bits per heavy atom. The standard InChI is InChI=1S/C8H8N2/c1-2-7-3-5-9-6-8(7)10-4-1/h1-2,4-6,10H,3H2/q+1. The third-order valence-corrected chi connectivity index (χ3v) is 1.60. The van der Waals surface area contributed by atoms with Crippen molar-refractivity contribution in [2.75, 3.05) is 0 Å². The Kier molecular flexibility index (Phi) is 1.17. The highest BCUT2D eigenvalue weighted by molar-refractivity contribution is 5.66. The van der Waals surface area contributed by atoms with E-state index in [1.54, 1.807) is 0 Å². The van der Waals surface area contributed by atoms with E-state index < -0.39 is 0 Å². The van der Waals surface area contributed by atoms with E-state index in [0.29, 0.717) is 0 Å². The van der Waals surface area contributed by atoms with E-state index in [4.69, 9.17) is 0 Å². The van der Waals surface area contributed by atoms with Gasteiger partial charge >= 0.3 is 0 Å². The Morgan fingerprint density at radius 2 is 2.50 bits per heavy atom. The number of nitrogens with one attached hydrogen (secondary N) is 1. The van der Waals surface area contributed by atoms with Gasteiger partial charge in [-0.1, -0.05) is 6.08 Å². The second-order valence-electron chi connectivity index (χ2n) is 2.27. The van der Waals surface area contributed by atoms with Crippen molar-refractivity contribution in [1.82, 2.24) is 10.3 Å². The molecule has 1 N–H and O–H groups in total. The molecule has 0 aromatic heterocycles. The summed E-state index contributed by atoms with van der Waals surface area (Å²) in [5.74, 6) is 0. The molecule has 0 spiro atoms. The normalized spacial score (nSPS) is 20.8. The van der Waals surface area contributed by atoms with Gasteiger partial charge in [-0.15, -0.1) is 0 Å². The van der Waals surface area contributed by atoms with Crippen molar-refractivity contribution in [3.8, 4) is 0 Å². The molecule has 0 saturated heterocycles. The molecular formula is C8H8N2+. The van der Waals surface area contributed by atoms with Crippen LogP contribution in [0.3, 0.4) is 0 Å². The Labute approximate surface area is 59.7 Å². The molecule has 10 heavy (non-hydrogen) atoms. The minimum atomic E-state index is 0.948. The van der Waals surface area contributed by atoms with Gasteiger partial charge < -0.3 is 5.32 Å². The first-order valence-electron chi connectivity index (χ1n) is 3.31. The van der Waals surface area contributed by atoms with Gasteiger partial charge in [0.1, 0.15) is 5.70 Å². The zero-order valence-corrected chi connectivity index (χ0v) is 5.54. The lowest BCUT2D eigenvalue weighted by molar-refractivity contribution is 0.990. The fourth-order valence-corrected chi connectivity index (χ4v) is 1.06. The molecule has 0 aliphatic carbocycles. The summed E-state index contributed by atoms with van der Waals surface area (Å²) < 4.78 is 0. The maximum absolute atomic E-state index is 4.04. The van der Waals surface area contributed by atoms with Crippen LogP contribution < -0.4 is 10.3 Å². The summed E-state index contributed by atoms with van der Waals surface area (Å²) in [4.78, 5) is 4.04. The van der Waals surface area contributed by atoms with Crippen molar-refractivity contribution in [3.05, 3.63) is 35.8 Å². The van der Waals surface area contributed by atoms with E-state index >= 15 is 0 Å². The second kappa shape index (κ2) is 2.14. The summed E-state index contributed by atoms with van der Waals surface area (Å²) in [6.07, 6.45) is 10.7. The molecule has 0 aromatic carbocycles. The summed E-state index contributed by atoms with van der Waals surface area (Å²) in [5, 5.41) is 3.12.